The SMILES string of the molecule is CCN(CC)C(=O)C(C)NCC(C)SC. The summed E-state index contributed by atoms with van der Waals surface area (Å²) in [6, 6.07) is -0.0699. The monoisotopic (exact) mass is 232 g/mol. The molecule has 0 saturated carbocycles. The first-order chi connectivity index (χ1) is 7.06. The minimum absolute atomic E-state index is 0.0699. The third kappa shape index (κ3) is 5.42. The fourth-order valence-corrected chi connectivity index (χ4v) is 1.59. The van der Waals surface area contributed by atoms with Crippen molar-refractivity contribution in [1.82, 2.24) is 10.2 Å². The Bertz CT molecular complexity index is 183. The fourth-order valence-electron chi connectivity index (χ4n) is 1.32. The van der Waals surface area contributed by atoms with Crippen molar-refractivity contribution in [3.05, 3.63) is 0 Å². The van der Waals surface area contributed by atoms with Gasteiger partial charge in [0.25, 0.3) is 0 Å². The first-order valence-electron chi connectivity index (χ1n) is 5.61. The molecule has 0 aromatic carbocycles. The van der Waals surface area contributed by atoms with Crippen LogP contribution in [-0.4, -0.2) is 48.0 Å². The molecule has 0 bridgehead atoms. The number of likely N-dealkylation sites (N-methyl/N-ethyl adjacent to an activating group) is 1. The van der Waals surface area contributed by atoms with Crippen LogP contribution in [0.4, 0.5) is 0 Å². The normalized spacial score (nSPS) is 14.7. The van der Waals surface area contributed by atoms with E-state index in [2.05, 4.69) is 18.5 Å². The Labute approximate surface area is 98.0 Å². The first-order valence-corrected chi connectivity index (χ1v) is 6.90. The Morgan fingerprint density at radius 3 is 2.27 bits per heavy atom. The summed E-state index contributed by atoms with van der Waals surface area (Å²) in [6.45, 7) is 10.6. The van der Waals surface area contributed by atoms with Crippen LogP contribution in [-0.2, 0) is 4.79 Å². The summed E-state index contributed by atoms with van der Waals surface area (Å²) in [5.41, 5.74) is 0. The van der Waals surface area contributed by atoms with E-state index in [1.165, 1.54) is 0 Å². The number of nitrogens with one attached hydrogen (secondary N) is 1. The number of nitrogens with zero attached hydrogens (tertiary/aromatic N) is 1. The second kappa shape index (κ2) is 7.99. The Morgan fingerprint density at radius 2 is 1.87 bits per heavy atom. The van der Waals surface area contributed by atoms with Crippen LogP contribution in [0.3, 0.4) is 0 Å². The van der Waals surface area contributed by atoms with Gasteiger partial charge in [-0.25, -0.2) is 0 Å². The van der Waals surface area contributed by atoms with Gasteiger partial charge in [0, 0.05) is 24.9 Å². The van der Waals surface area contributed by atoms with Gasteiger partial charge in [-0.15, -0.1) is 0 Å². The first kappa shape index (κ1) is 14.8. The van der Waals surface area contributed by atoms with Crippen molar-refractivity contribution < 1.29 is 4.79 Å². The molecule has 0 fully saturated rings. The fraction of sp³-hybridized carbons (Fsp3) is 0.909. The van der Waals surface area contributed by atoms with E-state index in [1.807, 2.05) is 37.4 Å². The van der Waals surface area contributed by atoms with E-state index in [9.17, 15) is 4.79 Å². The van der Waals surface area contributed by atoms with Crippen molar-refractivity contribution in [3.8, 4) is 0 Å². The van der Waals surface area contributed by atoms with Gasteiger partial charge in [0.2, 0.25) is 5.91 Å². The molecule has 4 heteroatoms. The quantitative estimate of drug-likeness (QED) is 0.723. The standard InChI is InChI=1S/C11H24N2OS/c1-6-13(7-2)11(14)10(4)12-8-9(3)15-5/h9-10,12H,6-8H2,1-5H3. The third-order valence-corrected chi connectivity index (χ3v) is 3.53. The smallest absolute Gasteiger partial charge is 0.239 e. The van der Waals surface area contributed by atoms with E-state index in [0.717, 1.165) is 19.6 Å². The molecule has 3 nitrogen and oxygen atoms in total. The Morgan fingerprint density at radius 1 is 1.33 bits per heavy atom. The molecule has 0 saturated heterocycles. The lowest BCUT2D eigenvalue weighted by Gasteiger charge is -2.24. The lowest BCUT2D eigenvalue weighted by molar-refractivity contribution is -0.132. The number of hydrogen-bond acceptors (Lipinski definition) is 3. The zero-order valence-corrected chi connectivity index (χ0v) is 11.4. The molecular weight excluding hydrogens is 208 g/mol. The molecule has 90 valence electrons. The van der Waals surface area contributed by atoms with E-state index in [1.54, 1.807) is 0 Å². The average Bonchev–Trinajstić information content (AvgIpc) is 2.26. The summed E-state index contributed by atoms with van der Waals surface area (Å²) in [5.74, 6) is 0.202. The molecule has 1 N–H and O–H groups in total. The minimum Gasteiger partial charge on any atom is -0.342 e. The molecule has 2 atom stereocenters. The summed E-state index contributed by atoms with van der Waals surface area (Å²) in [4.78, 5) is 13.7. The van der Waals surface area contributed by atoms with Gasteiger partial charge < -0.3 is 10.2 Å². The predicted molar refractivity (Wildman–Crippen MR) is 68.4 cm³/mol. The maximum atomic E-state index is 11.9. The summed E-state index contributed by atoms with van der Waals surface area (Å²) in [6.07, 6.45) is 2.09. The predicted octanol–water partition coefficient (Wildman–Crippen LogP) is 1.58. The highest BCUT2D eigenvalue weighted by Crippen LogP contribution is 2.03. The van der Waals surface area contributed by atoms with E-state index in [-0.39, 0.29) is 11.9 Å². The molecule has 1 amide bonds. The summed E-state index contributed by atoms with van der Waals surface area (Å²) >= 11 is 1.81. The highest BCUT2D eigenvalue weighted by molar-refractivity contribution is 7.99. The van der Waals surface area contributed by atoms with Crippen LogP contribution < -0.4 is 5.32 Å². The van der Waals surface area contributed by atoms with Crippen LogP contribution in [0.5, 0.6) is 0 Å². The number of carbonyl (C=O) groups is 1. The van der Waals surface area contributed by atoms with E-state index < -0.39 is 0 Å². The number of rotatable bonds is 7. The van der Waals surface area contributed by atoms with E-state index in [4.69, 9.17) is 0 Å². The second-order valence-electron chi connectivity index (χ2n) is 3.69. The van der Waals surface area contributed by atoms with Gasteiger partial charge in [-0.05, 0) is 27.0 Å². The van der Waals surface area contributed by atoms with Gasteiger partial charge in [-0.2, -0.15) is 11.8 Å². The van der Waals surface area contributed by atoms with Crippen molar-refractivity contribution in [2.24, 2.45) is 0 Å². The maximum Gasteiger partial charge on any atom is 0.239 e. The van der Waals surface area contributed by atoms with Gasteiger partial charge >= 0.3 is 0 Å². The number of amides is 1. The van der Waals surface area contributed by atoms with Crippen LogP contribution in [0.2, 0.25) is 0 Å². The zero-order valence-electron chi connectivity index (χ0n) is 10.5. The molecule has 2 unspecified atom stereocenters. The topological polar surface area (TPSA) is 32.3 Å². The summed E-state index contributed by atoms with van der Waals surface area (Å²) in [7, 11) is 0. The van der Waals surface area contributed by atoms with Crippen LogP contribution in [0.15, 0.2) is 0 Å². The lowest BCUT2D eigenvalue weighted by atomic mass is 10.2. The van der Waals surface area contributed by atoms with Gasteiger partial charge in [-0.3, -0.25) is 4.79 Å². The molecule has 0 rings (SSSR count). The molecule has 0 aliphatic heterocycles. The molecular formula is C11H24N2OS. The van der Waals surface area contributed by atoms with Crippen molar-refractivity contribution in [1.29, 1.82) is 0 Å². The van der Waals surface area contributed by atoms with E-state index >= 15 is 0 Å². The van der Waals surface area contributed by atoms with Gasteiger partial charge in [0.1, 0.15) is 0 Å². The van der Waals surface area contributed by atoms with E-state index in [0.29, 0.717) is 5.25 Å². The zero-order chi connectivity index (χ0) is 11.8. The van der Waals surface area contributed by atoms with Crippen LogP contribution in [0, 0.1) is 0 Å². The molecule has 15 heavy (non-hydrogen) atoms. The third-order valence-electron chi connectivity index (χ3n) is 2.56. The molecule has 0 heterocycles. The Balaban J connectivity index is 3.97. The molecule has 0 spiro atoms. The van der Waals surface area contributed by atoms with Gasteiger partial charge in [-0.1, -0.05) is 6.92 Å². The number of hydrogen-bond donors (Lipinski definition) is 1. The van der Waals surface area contributed by atoms with Crippen molar-refractivity contribution in [2.45, 2.75) is 39.0 Å². The Kier molecular flexibility index (Phi) is 7.88. The Hall–Kier alpha value is -0.220. The lowest BCUT2D eigenvalue weighted by Crippen LogP contribution is -2.46. The molecule has 0 aliphatic rings. The van der Waals surface area contributed by atoms with Crippen molar-refractivity contribution >= 4 is 17.7 Å². The van der Waals surface area contributed by atoms with Crippen LogP contribution in [0.1, 0.15) is 27.7 Å². The molecule has 0 aromatic rings. The maximum absolute atomic E-state index is 11.9. The average molecular weight is 232 g/mol. The minimum atomic E-state index is -0.0699. The number of carbonyl (C=O) groups excluding carboxylic acids is 1. The summed E-state index contributed by atoms with van der Waals surface area (Å²) < 4.78 is 0. The summed E-state index contributed by atoms with van der Waals surface area (Å²) in [5, 5.41) is 3.82. The highest BCUT2D eigenvalue weighted by Gasteiger charge is 2.17. The van der Waals surface area contributed by atoms with Crippen molar-refractivity contribution in [3.63, 3.8) is 0 Å². The van der Waals surface area contributed by atoms with Crippen LogP contribution >= 0.6 is 11.8 Å². The number of thioether (sulfide) groups is 1. The molecule has 0 radical (unpaired) electrons. The van der Waals surface area contributed by atoms with Gasteiger partial charge in [0.15, 0.2) is 0 Å². The molecule has 0 aliphatic carbocycles. The molecule has 0 aromatic heterocycles. The highest BCUT2D eigenvalue weighted by atomic mass is 32.2. The van der Waals surface area contributed by atoms with Crippen LogP contribution in [0.25, 0.3) is 0 Å². The van der Waals surface area contributed by atoms with Crippen molar-refractivity contribution in [2.75, 3.05) is 25.9 Å². The second-order valence-corrected chi connectivity index (χ2v) is 4.96. The largest absolute Gasteiger partial charge is 0.342 e. The van der Waals surface area contributed by atoms with Gasteiger partial charge in [0.05, 0.1) is 6.04 Å².